The zero-order chi connectivity index (χ0) is 38.0. The first-order chi connectivity index (χ1) is 25.7. The van der Waals surface area contributed by atoms with Crippen LogP contribution in [0.4, 0.5) is 5.82 Å². The number of piperidine rings is 1. The van der Waals surface area contributed by atoms with E-state index >= 15 is 0 Å². The van der Waals surface area contributed by atoms with E-state index < -0.39 is 6.04 Å². The topological polar surface area (TPSA) is 234 Å². The zero-order valence-corrected chi connectivity index (χ0v) is 31.0. The number of aromatic amines is 1. The molecule has 1 atom stereocenters. The van der Waals surface area contributed by atoms with Gasteiger partial charge in [-0.3, -0.25) is 28.7 Å². The van der Waals surface area contributed by atoms with Crippen molar-refractivity contribution in [1.29, 1.82) is 0 Å². The van der Waals surface area contributed by atoms with Crippen LogP contribution < -0.4 is 38.0 Å². The Morgan fingerprint density at radius 3 is 2.42 bits per heavy atom. The maximum atomic E-state index is 13.1. The minimum Gasteiger partial charge on any atom is -0.463 e. The normalized spacial score (nSPS) is 14.2. The number of methoxy groups -OCH3 is 1. The molecular weight excluding hydrogens is 684 g/mol. The lowest BCUT2D eigenvalue weighted by molar-refractivity contribution is -0.129. The third-order valence-electron chi connectivity index (χ3n) is 9.33. The van der Waals surface area contributed by atoms with Crippen molar-refractivity contribution in [3.63, 3.8) is 0 Å². The molecule has 3 heterocycles. The predicted octanol–water partition coefficient (Wildman–Crippen LogP) is 1.35. The number of unbranched alkanes of at least 4 members (excludes halogenated alkanes) is 2. The average Bonchev–Trinajstić information content (AvgIpc) is 3.46. The minimum absolute atomic E-state index is 0.163. The number of H-pyrrole nitrogens is 1. The van der Waals surface area contributed by atoms with E-state index in [1.807, 2.05) is 12.1 Å². The fraction of sp³-hybridized carbons (Fsp3) is 0.611. The molecule has 8 N–H and O–H groups in total. The Balaban J connectivity index is 1.20. The molecule has 17 nitrogen and oxygen atoms in total. The third-order valence-corrected chi connectivity index (χ3v) is 9.33. The number of hydrogen-bond acceptors (Lipinski definition) is 12. The van der Waals surface area contributed by atoms with E-state index in [0.717, 1.165) is 57.3 Å². The van der Waals surface area contributed by atoms with Crippen LogP contribution in [0.25, 0.3) is 11.2 Å². The molecule has 0 spiro atoms. The van der Waals surface area contributed by atoms with Gasteiger partial charge in [-0.2, -0.15) is 9.97 Å². The molecule has 53 heavy (non-hydrogen) atoms. The molecule has 3 amide bonds. The van der Waals surface area contributed by atoms with Crippen molar-refractivity contribution in [3.05, 3.63) is 45.9 Å². The van der Waals surface area contributed by atoms with Crippen LogP contribution in [0.5, 0.6) is 6.01 Å². The van der Waals surface area contributed by atoms with Crippen LogP contribution in [-0.4, -0.2) is 101 Å². The highest BCUT2D eigenvalue weighted by molar-refractivity contribution is 5.87. The second kappa shape index (κ2) is 21.8. The lowest BCUT2D eigenvalue weighted by Gasteiger charge is -2.32. The molecule has 1 aliphatic rings. The summed E-state index contributed by atoms with van der Waals surface area (Å²) in [5.41, 5.74) is 8.76. The first-order valence-corrected chi connectivity index (χ1v) is 18.5. The first-order valence-electron chi connectivity index (χ1n) is 18.5. The number of likely N-dealkylation sites (tertiary alicyclic amines) is 1. The Morgan fingerprint density at radius 2 is 1.72 bits per heavy atom. The number of benzene rings is 1. The monoisotopic (exact) mass is 740 g/mol. The number of carbonyl (C=O) groups excluding carboxylic acids is 3. The maximum absolute atomic E-state index is 13.1. The molecule has 17 heteroatoms. The molecular formula is C36H56N10O7. The summed E-state index contributed by atoms with van der Waals surface area (Å²) in [7, 11) is 1.52. The van der Waals surface area contributed by atoms with Gasteiger partial charge in [0.1, 0.15) is 18.2 Å². The van der Waals surface area contributed by atoms with Gasteiger partial charge in [-0.25, -0.2) is 10.7 Å². The summed E-state index contributed by atoms with van der Waals surface area (Å²) in [6.45, 7) is 6.65. The van der Waals surface area contributed by atoms with E-state index in [1.54, 1.807) is 4.57 Å². The van der Waals surface area contributed by atoms with Gasteiger partial charge in [-0.1, -0.05) is 37.6 Å². The molecule has 1 fully saturated rings. The van der Waals surface area contributed by atoms with Gasteiger partial charge in [0, 0.05) is 33.2 Å². The van der Waals surface area contributed by atoms with Crippen molar-refractivity contribution >= 4 is 34.7 Å². The number of imidazole rings is 1. The van der Waals surface area contributed by atoms with E-state index in [1.165, 1.54) is 12.7 Å². The second-order valence-electron chi connectivity index (χ2n) is 13.4. The third kappa shape index (κ3) is 13.4. The number of rotatable bonds is 23. The highest BCUT2D eigenvalue weighted by atomic mass is 16.6. The van der Waals surface area contributed by atoms with Crippen molar-refractivity contribution in [3.8, 4) is 6.01 Å². The van der Waals surface area contributed by atoms with Crippen LogP contribution in [0.3, 0.4) is 0 Å². The van der Waals surface area contributed by atoms with Gasteiger partial charge in [0.15, 0.2) is 11.5 Å². The number of nitrogens with one attached hydrogen (secondary N) is 4. The van der Waals surface area contributed by atoms with Gasteiger partial charge in [0.05, 0.1) is 19.8 Å². The molecule has 3 aromatic rings. The maximum Gasteiger partial charge on any atom is 0.328 e. The van der Waals surface area contributed by atoms with Crippen LogP contribution >= 0.6 is 0 Å². The van der Waals surface area contributed by atoms with Gasteiger partial charge in [-0.05, 0) is 75.1 Å². The number of nitrogens with zero attached hydrogens (tertiary/aromatic N) is 4. The number of fused-ring (bicyclic) bond motifs is 1. The van der Waals surface area contributed by atoms with Crippen LogP contribution in [-0.2, 0) is 37.0 Å². The minimum atomic E-state index is -0.658. The quantitative estimate of drug-likeness (QED) is 0.0598. The molecule has 2 aromatic heterocycles. The Hall–Kier alpha value is -4.58. The van der Waals surface area contributed by atoms with Crippen molar-refractivity contribution in [2.24, 2.45) is 11.8 Å². The van der Waals surface area contributed by atoms with E-state index in [9.17, 15) is 19.2 Å². The van der Waals surface area contributed by atoms with Crippen molar-refractivity contribution in [2.45, 2.75) is 83.8 Å². The largest absolute Gasteiger partial charge is 0.463 e. The molecule has 1 aliphatic heterocycles. The van der Waals surface area contributed by atoms with Crippen LogP contribution in [0.1, 0.15) is 75.8 Å². The lowest BCUT2D eigenvalue weighted by Crippen LogP contribution is -2.47. The van der Waals surface area contributed by atoms with Crippen LogP contribution in [0, 0.1) is 5.92 Å². The SMILES string of the molecule is CCCCOc1nc(N)c2[nH]c(=O)n(Cc3ccc(CN4CCC(CCNC(=O)[C@H](CCCCNC(=O)CON)NC(=O)CCOC)CC4)cc3)c2n1. The van der Waals surface area contributed by atoms with E-state index in [0.29, 0.717) is 62.6 Å². The Labute approximate surface area is 309 Å². The first kappa shape index (κ1) is 41.2. The zero-order valence-electron chi connectivity index (χ0n) is 31.0. The van der Waals surface area contributed by atoms with Gasteiger partial charge in [0.2, 0.25) is 17.7 Å². The summed E-state index contributed by atoms with van der Waals surface area (Å²) in [5.74, 6) is 4.84. The molecule has 1 aromatic carbocycles. The van der Waals surface area contributed by atoms with Gasteiger partial charge in [-0.15, -0.1) is 0 Å². The predicted molar refractivity (Wildman–Crippen MR) is 200 cm³/mol. The molecule has 1 saturated heterocycles. The molecule has 292 valence electrons. The average molecular weight is 741 g/mol. The highest BCUT2D eigenvalue weighted by Crippen LogP contribution is 2.22. The van der Waals surface area contributed by atoms with Crippen molar-refractivity contribution in [1.82, 2.24) is 40.4 Å². The summed E-state index contributed by atoms with van der Waals surface area (Å²) in [6.07, 6.45) is 6.68. The van der Waals surface area contributed by atoms with Crippen molar-refractivity contribution in [2.75, 3.05) is 58.8 Å². The van der Waals surface area contributed by atoms with E-state index in [2.05, 4.69) is 59.7 Å². The fourth-order valence-corrected chi connectivity index (χ4v) is 6.25. The number of anilines is 1. The summed E-state index contributed by atoms with van der Waals surface area (Å²) in [5, 5.41) is 8.55. The Kier molecular flexibility index (Phi) is 17.0. The second-order valence-corrected chi connectivity index (χ2v) is 13.4. The fourth-order valence-electron chi connectivity index (χ4n) is 6.25. The van der Waals surface area contributed by atoms with Gasteiger partial charge in [0.25, 0.3) is 0 Å². The molecule has 0 aliphatic carbocycles. The Bertz CT molecular complexity index is 1650. The molecule has 0 saturated carbocycles. The number of ether oxygens (including phenoxy) is 2. The Morgan fingerprint density at radius 1 is 0.981 bits per heavy atom. The molecule has 0 bridgehead atoms. The molecule has 4 rings (SSSR count). The van der Waals surface area contributed by atoms with Crippen molar-refractivity contribution < 1.29 is 28.7 Å². The number of hydrogen-bond donors (Lipinski definition) is 6. The smallest absolute Gasteiger partial charge is 0.328 e. The number of aromatic nitrogens is 4. The highest BCUT2D eigenvalue weighted by Gasteiger charge is 2.23. The lowest BCUT2D eigenvalue weighted by atomic mass is 9.93. The summed E-state index contributed by atoms with van der Waals surface area (Å²) >= 11 is 0. The standard InChI is InChI=1S/C36H56N10O7/c1-3-4-20-52-35-43-32(37)31-33(44-35)46(36(50)42-31)23-27-10-8-26(9-11-27)22-45-18-13-25(14-19-45)12-17-40-34(49)28(41-29(47)15-21-51-2)7-5-6-16-39-30(48)24-53-38/h8-11,25,28H,3-7,12-24,38H2,1-2H3,(H,39,48)(H,40,49)(H,41,47)(H,42,50)(H2,37,43,44)/t28-/m0/s1. The number of nitrogen functional groups attached to an aromatic ring is 1. The summed E-state index contributed by atoms with van der Waals surface area (Å²) in [6, 6.07) is 7.76. The van der Waals surface area contributed by atoms with Crippen LogP contribution in [0.2, 0.25) is 0 Å². The number of amides is 3. The summed E-state index contributed by atoms with van der Waals surface area (Å²) in [4.78, 5) is 67.9. The number of carbonyl (C=O) groups is 3. The molecule has 0 unspecified atom stereocenters. The summed E-state index contributed by atoms with van der Waals surface area (Å²) < 4.78 is 12.2. The van der Waals surface area contributed by atoms with Gasteiger partial charge >= 0.3 is 11.7 Å². The number of nitrogens with two attached hydrogens (primary N) is 2. The van der Waals surface area contributed by atoms with E-state index in [4.69, 9.17) is 21.1 Å². The van der Waals surface area contributed by atoms with Gasteiger partial charge < -0.3 is 36.1 Å². The molecule has 0 radical (unpaired) electrons. The van der Waals surface area contributed by atoms with Crippen LogP contribution in [0.15, 0.2) is 29.1 Å². The van der Waals surface area contributed by atoms with E-state index in [-0.39, 0.29) is 54.9 Å².